The molecule has 1 aliphatic heterocycles. The summed E-state index contributed by atoms with van der Waals surface area (Å²) < 4.78 is 4.89. The Kier molecular flexibility index (Phi) is 7.13. The van der Waals surface area contributed by atoms with Gasteiger partial charge in [0, 0.05) is 30.7 Å². The van der Waals surface area contributed by atoms with Crippen molar-refractivity contribution in [2.45, 2.75) is 16.6 Å². The van der Waals surface area contributed by atoms with Crippen molar-refractivity contribution in [2.75, 3.05) is 30.9 Å². The number of para-hydroxylation sites is 1. The molecule has 0 bridgehead atoms. The predicted molar refractivity (Wildman–Crippen MR) is 114 cm³/mol. The smallest absolute Gasteiger partial charge is 0.252 e. The Hall–Kier alpha value is -2.55. The summed E-state index contributed by atoms with van der Waals surface area (Å²) in [7, 11) is 1.55. The lowest BCUT2D eigenvalue weighted by molar-refractivity contribution is -0.120. The molecule has 0 spiro atoms. The van der Waals surface area contributed by atoms with Crippen LogP contribution in [0.4, 0.5) is 11.4 Å². The van der Waals surface area contributed by atoms with Crippen LogP contribution in [0.15, 0.2) is 47.4 Å². The van der Waals surface area contributed by atoms with E-state index in [2.05, 4.69) is 16.0 Å². The average molecular weight is 434 g/mol. The van der Waals surface area contributed by atoms with E-state index in [0.717, 1.165) is 10.6 Å². The number of benzene rings is 2. The Morgan fingerprint density at radius 3 is 2.79 bits per heavy atom. The van der Waals surface area contributed by atoms with Gasteiger partial charge in [0.25, 0.3) is 5.91 Å². The molecule has 1 unspecified atom stereocenters. The molecule has 2 aromatic rings. The number of fused-ring (bicyclic) bond motifs is 1. The van der Waals surface area contributed by atoms with Crippen molar-refractivity contribution in [1.82, 2.24) is 5.32 Å². The normalized spacial score (nSPS) is 15.2. The van der Waals surface area contributed by atoms with E-state index in [-0.39, 0.29) is 29.2 Å². The molecule has 7 nitrogen and oxygen atoms in total. The largest absolute Gasteiger partial charge is 0.383 e. The third-order valence-electron chi connectivity index (χ3n) is 4.17. The van der Waals surface area contributed by atoms with Gasteiger partial charge in [-0.2, -0.15) is 0 Å². The number of halogens is 1. The van der Waals surface area contributed by atoms with Gasteiger partial charge in [-0.15, -0.1) is 11.8 Å². The number of thioether (sulfide) groups is 1. The number of carbonyl (C=O) groups is 3. The summed E-state index contributed by atoms with van der Waals surface area (Å²) >= 11 is 7.54. The van der Waals surface area contributed by atoms with Crippen molar-refractivity contribution >= 4 is 52.5 Å². The minimum atomic E-state index is -0.522. The lowest BCUT2D eigenvalue weighted by atomic mass is 10.1. The van der Waals surface area contributed by atoms with E-state index >= 15 is 0 Å². The van der Waals surface area contributed by atoms with Gasteiger partial charge in [-0.3, -0.25) is 14.4 Å². The van der Waals surface area contributed by atoms with Crippen LogP contribution in [-0.4, -0.2) is 43.2 Å². The summed E-state index contributed by atoms with van der Waals surface area (Å²) in [5.74, 6) is -0.839. The van der Waals surface area contributed by atoms with Gasteiger partial charge in [0.1, 0.15) is 0 Å². The monoisotopic (exact) mass is 433 g/mol. The van der Waals surface area contributed by atoms with Crippen LogP contribution in [0.3, 0.4) is 0 Å². The molecule has 0 aromatic heterocycles. The van der Waals surface area contributed by atoms with Crippen molar-refractivity contribution < 1.29 is 19.1 Å². The molecule has 3 amide bonds. The molecular formula is C20H20ClN3O4S. The molecule has 1 atom stereocenters. The first-order valence-corrected chi connectivity index (χ1v) is 10.2. The lowest BCUT2D eigenvalue weighted by Crippen LogP contribution is -2.32. The van der Waals surface area contributed by atoms with Gasteiger partial charge in [-0.25, -0.2) is 0 Å². The van der Waals surface area contributed by atoms with Crippen LogP contribution in [0.25, 0.3) is 0 Å². The highest BCUT2D eigenvalue weighted by Crippen LogP contribution is 2.36. The third-order valence-corrected chi connectivity index (χ3v) is 5.75. The molecule has 152 valence electrons. The van der Waals surface area contributed by atoms with Crippen LogP contribution < -0.4 is 16.0 Å². The topological polar surface area (TPSA) is 96.5 Å². The minimum absolute atomic E-state index is 0.0156. The minimum Gasteiger partial charge on any atom is -0.383 e. The molecule has 3 rings (SSSR count). The number of nitrogens with one attached hydrogen (secondary N) is 3. The maximum absolute atomic E-state index is 12.4. The van der Waals surface area contributed by atoms with Crippen molar-refractivity contribution in [3.05, 3.63) is 53.1 Å². The van der Waals surface area contributed by atoms with E-state index in [1.807, 2.05) is 24.3 Å². The van der Waals surface area contributed by atoms with Gasteiger partial charge in [-0.05, 0) is 30.3 Å². The van der Waals surface area contributed by atoms with Crippen molar-refractivity contribution in [3.8, 4) is 0 Å². The maximum atomic E-state index is 12.4. The second-order valence-corrected chi connectivity index (χ2v) is 7.94. The number of ether oxygens (including phenoxy) is 1. The summed E-state index contributed by atoms with van der Waals surface area (Å²) in [5, 5.41) is 7.92. The van der Waals surface area contributed by atoms with Gasteiger partial charge in [0.05, 0.1) is 28.1 Å². The maximum Gasteiger partial charge on any atom is 0.252 e. The zero-order valence-electron chi connectivity index (χ0n) is 15.7. The van der Waals surface area contributed by atoms with E-state index in [4.69, 9.17) is 16.3 Å². The summed E-state index contributed by atoms with van der Waals surface area (Å²) in [6.07, 6.45) is 0.0156. The predicted octanol–water partition coefficient (Wildman–Crippen LogP) is 3.16. The van der Waals surface area contributed by atoms with E-state index in [1.54, 1.807) is 19.2 Å². The summed E-state index contributed by atoms with van der Waals surface area (Å²) in [5.41, 5.74) is 1.51. The molecule has 0 saturated carbocycles. The van der Waals surface area contributed by atoms with Gasteiger partial charge >= 0.3 is 0 Å². The molecule has 0 saturated heterocycles. The Bertz CT molecular complexity index is 938. The van der Waals surface area contributed by atoms with E-state index < -0.39 is 5.25 Å². The zero-order chi connectivity index (χ0) is 20.8. The van der Waals surface area contributed by atoms with E-state index in [1.165, 1.54) is 17.8 Å². The average Bonchev–Trinajstić information content (AvgIpc) is 2.68. The fraction of sp³-hybridized carbons (Fsp3) is 0.250. The fourth-order valence-corrected chi connectivity index (χ4v) is 4.12. The Morgan fingerprint density at radius 2 is 2.03 bits per heavy atom. The Balaban J connectivity index is 1.59. The van der Waals surface area contributed by atoms with Crippen molar-refractivity contribution in [1.29, 1.82) is 0 Å². The van der Waals surface area contributed by atoms with E-state index in [0.29, 0.717) is 24.4 Å². The van der Waals surface area contributed by atoms with Crippen LogP contribution >= 0.6 is 23.4 Å². The number of hydrogen-bond acceptors (Lipinski definition) is 5. The van der Waals surface area contributed by atoms with Gasteiger partial charge < -0.3 is 20.7 Å². The molecule has 0 fully saturated rings. The first-order chi connectivity index (χ1) is 14.0. The van der Waals surface area contributed by atoms with Crippen LogP contribution in [0.1, 0.15) is 16.8 Å². The molecule has 29 heavy (non-hydrogen) atoms. The molecule has 3 N–H and O–H groups in total. The lowest BCUT2D eigenvalue weighted by Gasteiger charge is -2.23. The quantitative estimate of drug-likeness (QED) is 0.583. The fourth-order valence-electron chi connectivity index (χ4n) is 2.75. The number of rotatable bonds is 7. The number of carbonyl (C=O) groups excluding carboxylic acids is 3. The highest BCUT2D eigenvalue weighted by atomic mass is 35.5. The highest BCUT2D eigenvalue weighted by Gasteiger charge is 2.28. The molecule has 9 heteroatoms. The molecule has 0 radical (unpaired) electrons. The molecule has 2 aromatic carbocycles. The Morgan fingerprint density at radius 1 is 1.24 bits per heavy atom. The van der Waals surface area contributed by atoms with Crippen LogP contribution in [0, 0.1) is 0 Å². The number of hydrogen-bond donors (Lipinski definition) is 3. The van der Waals surface area contributed by atoms with Gasteiger partial charge in [0.15, 0.2) is 0 Å². The van der Waals surface area contributed by atoms with Gasteiger partial charge in [-0.1, -0.05) is 23.7 Å². The van der Waals surface area contributed by atoms with Crippen LogP contribution in [-0.2, 0) is 14.3 Å². The molecule has 1 heterocycles. The molecule has 1 aliphatic rings. The first kappa shape index (κ1) is 21.2. The third kappa shape index (κ3) is 5.50. The van der Waals surface area contributed by atoms with Crippen LogP contribution in [0.5, 0.6) is 0 Å². The summed E-state index contributed by atoms with van der Waals surface area (Å²) in [6, 6.07) is 12.1. The SMILES string of the molecule is COCCNC(=O)c1ccc(NC(=O)CC2Sc3ccccc3NC2=O)cc1Cl. The summed E-state index contributed by atoms with van der Waals surface area (Å²) in [6.45, 7) is 0.767. The number of anilines is 2. The van der Waals surface area contributed by atoms with Crippen molar-refractivity contribution in [2.24, 2.45) is 0 Å². The first-order valence-electron chi connectivity index (χ1n) is 8.91. The highest BCUT2D eigenvalue weighted by molar-refractivity contribution is 8.01. The van der Waals surface area contributed by atoms with E-state index in [9.17, 15) is 14.4 Å². The van der Waals surface area contributed by atoms with Crippen LogP contribution in [0.2, 0.25) is 5.02 Å². The molecule has 0 aliphatic carbocycles. The van der Waals surface area contributed by atoms with Crippen molar-refractivity contribution in [3.63, 3.8) is 0 Å². The zero-order valence-corrected chi connectivity index (χ0v) is 17.2. The molecular weight excluding hydrogens is 414 g/mol. The second-order valence-electron chi connectivity index (χ2n) is 6.29. The van der Waals surface area contributed by atoms with Gasteiger partial charge in [0.2, 0.25) is 11.8 Å². The summed E-state index contributed by atoms with van der Waals surface area (Å²) in [4.78, 5) is 37.7. The number of amides is 3. The second kappa shape index (κ2) is 9.78. The standard InChI is InChI=1S/C20H20ClN3O4S/c1-28-9-8-22-19(26)13-7-6-12(10-14(13)21)23-18(25)11-17-20(27)24-15-4-2-3-5-16(15)29-17/h2-7,10,17H,8-9,11H2,1H3,(H,22,26)(H,23,25)(H,24,27). The number of methoxy groups -OCH3 is 1. The Labute approximate surface area is 177 Å².